The molecule has 0 bridgehead atoms. The molecule has 0 aliphatic heterocycles. The van der Waals surface area contributed by atoms with Gasteiger partial charge in [-0.2, -0.15) is 12.7 Å². The van der Waals surface area contributed by atoms with Crippen LogP contribution in [0.25, 0.3) is 0 Å². The Kier molecular flexibility index (Phi) is 9.43. The van der Waals surface area contributed by atoms with Gasteiger partial charge in [-0.1, -0.05) is 55.0 Å². The van der Waals surface area contributed by atoms with Crippen molar-refractivity contribution in [2.75, 3.05) is 31.5 Å². The van der Waals surface area contributed by atoms with Crippen LogP contribution >= 0.6 is 0 Å². The molecule has 0 saturated carbocycles. The Hall–Kier alpha value is -2.91. The number of rotatable bonds is 11. The van der Waals surface area contributed by atoms with Crippen LogP contribution in [0.4, 0.5) is 5.69 Å². The molecule has 0 radical (unpaired) electrons. The van der Waals surface area contributed by atoms with Crippen molar-refractivity contribution in [1.82, 2.24) is 14.5 Å². The van der Waals surface area contributed by atoms with Gasteiger partial charge in [-0.05, 0) is 38.0 Å². The van der Waals surface area contributed by atoms with Gasteiger partial charge in [0, 0.05) is 27.2 Å². The van der Waals surface area contributed by atoms with E-state index >= 15 is 0 Å². The van der Waals surface area contributed by atoms with E-state index in [1.807, 2.05) is 45.0 Å². The van der Waals surface area contributed by atoms with Gasteiger partial charge in [0.15, 0.2) is 0 Å². The van der Waals surface area contributed by atoms with E-state index in [2.05, 4.69) is 5.32 Å². The molecule has 2 aromatic rings. The molecule has 0 aromatic heterocycles. The zero-order valence-electron chi connectivity index (χ0n) is 20.0. The summed E-state index contributed by atoms with van der Waals surface area (Å²) in [6.07, 6.45) is 0.398. The minimum absolute atomic E-state index is 0.195. The summed E-state index contributed by atoms with van der Waals surface area (Å²) in [7, 11) is -1.10. The molecule has 0 fully saturated rings. The van der Waals surface area contributed by atoms with Gasteiger partial charge in [-0.25, -0.2) is 4.31 Å². The van der Waals surface area contributed by atoms with Gasteiger partial charge < -0.3 is 10.2 Å². The minimum atomic E-state index is -3.94. The average Bonchev–Trinajstić information content (AvgIpc) is 2.77. The van der Waals surface area contributed by atoms with E-state index in [1.54, 1.807) is 30.3 Å². The predicted molar refractivity (Wildman–Crippen MR) is 131 cm³/mol. The maximum absolute atomic E-state index is 13.6. The maximum Gasteiger partial charge on any atom is 0.304 e. The zero-order chi connectivity index (χ0) is 24.6. The van der Waals surface area contributed by atoms with Gasteiger partial charge in [0.25, 0.3) is 0 Å². The van der Waals surface area contributed by atoms with Crippen LogP contribution in [0, 0.1) is 6.92 Å². The Morgan fingerprint density at radius 3 is 2.21 bits per heavy atom. The van der Waals surface area contributed by atoms with Crippen LogP contribution in [-0.2, 0) is 26.3 Å². The Labute approximate surface area is 197 Å². The van der Waals surface area contributed by atoms with Gasteiger partial charge in [0.1, 0.15) is 12.6 Å². The van der Waals surface area contributed by atoms with E-state index < -0.39 is 28.7 Å². The normalized spacial score (nSPS) is 12.3. The first kappa shape index (κ1) is 26.3. The van der Waals surface area contributed by atoms with E-state index in [9.17, 15) is 18.0 Å². The second-order valence-corrected chi connectivity index (χ2v) is 10.0. The lowest BCUT2D eigenvalue weighted by Gasteiger charge is -2.33. The number of carbonyl (C=O) groups is 2. The van der Waals surface area contributed by atoms with Crippen molar-refractivity contribution >= 4 is 27.7 Å². The quantitative estimate of drug-likeness (QED) is 0.542. The largest absolute Gasteiger partial charge is 0.355 e. The highest BCUT2D eigenvalue weighted by atomic mass is 32.2. The van der Waals surface area contributed by atoms with E-state index in [0.29, 0.717) is 18.7 Å². The fourth-order valence-electron chi connectivity index (χ4n) is 3.53. The van der Waals surface area contributed by atoms with Crippen LogP contribution in [-0.4, -0.2) is 62.7 Å². The summed E-state index contributed by atoms with van der Waals surface area (Å²) in [5.74, 6) is -0.716. The van der Waals surface area contributed by atoms with Crippen LogP contribution in [0.15, 0.2) is 54.6 Å². The summed E-state index contributed by atoms with van der Waals surface area (Å²) in [6, 6.07) is 15.5. The monoisotopic (exact) mass is 474 g/mol. The number of hydrogen-bond acceptors (Lipinski definition) is 4. The standard InChI is InChI=1S/C24H34N4O4S/c1-6-22(24(30)25-7-2)27(17-20-13-11-12-19(3)16-20)23(29)18-28(33(31,32)26(4)5)21-14-9-8-10-15-21/h8-16,22H,6-7,17-18H2,1-5H3,(H,25,30)/t22-/m0/s1. The highest BCUT2D eigenvalue weighted by Gasteiger charge is 2.33. The van der Waals surface area contributed by atoms with Crippen molar-refractivity contribution in [2.45, 2.75) is 39.8 Å². The number of hydrogen-bond donors (Lipinski definition) is 1. The minimum Gasteiger partial charge on any atom is -0.355 e. The third kappa shape index (κ3) is 6.79. The maximum atomic E-state index is 13.6. The summed E-state index contributed by atoms with van der Waals surface area (Å²) in [5.41, 5.74) is 2.28. The molecule has 1 N–H and O–H groups in total. The Bertz CT molecular complexity index is 1040. The molecule has 9 heteroatoms. The first-order valence-corrected chi connectivity index (χ1v) is 12.4. The highest BCUT2D eigenvalue weighted by molar-refractivity contribution is 7.90. The summed E-state index contributed by atoms with van der Waals surface area (Å²) >= 11 is 0. The molecule has 8 nitrogen and oxygen atoms in total. The molecule has 0 aliphatic rings. The molecular weight excluding hydrogens is 440 g/mol. The Morgan fingerprint density at radius 2 is 1.67 bits per heavy atom. The Balaban J connectivity index is 2.47. The van der Waals surface area contributed by atoms with Crippen LogP contribution in [0.5, 0.6) is 0 Å². The van der Waals surface area contributed by atoms with Crippen molar-refractivity contribution < 1.29 is 18.0 Å². The van der Waals surface area contributed by atoms with E-state index in [4.69, 9.17) is 0 Å². The zero-order valence-corrected chi connectivity index (χ0v) is 20.8. The molecule has 0 unspecified atom stereocenters. The molecule has 0 aliphatic carbocycles. The number of nitrogens with zero attached hydrogens (tertiary/aromatic N) is 3. The lowest BCUT2D eigenvalue weighted by Crippen LogP contribution is -2.53. The third-order valence-electron chi connectivity index (χ3n) is 5.24. The van der Waals surface area contributed by atoms with Crippen molar-refractivity contribution in [2.24, 2.45) is 0 Å². The SMILES string of the molecule is CCNC(=O)[C@H](CC)N(Cc1cccc(C)c1)C(=O)CN(c1ccccc1)S(=O)(=O)N(C)C. The molecule has 2 aromatic carbocycles. The summed E-state index contributed by atoms with van der Waals surface area (Å²) in [5, 5.41) is 2.79. The first-order chi connectivity index (χ1) is 15.6. The number of aryl methyl sites for hydroxylation is 1. The predicted octanol–water partition coefficient (Wildman–Crippen LogP) is 2.55. The first-order valence-electron chi connectivity index (χ1n) is 11.0. The van der Waals surface area contributed by atoms with Crippen LogP contribution < -0.4 is 9.62 Å². The van der Waals surface area contributed by atoms with Crippen molar-refractivity contribution in [3.63, 3.8) is 0 Å². The van der Waals surface area contributed by atoms with Gasteiger partial charge >= 0.3 is 10.2 Å². The molecule has 2 rings (SSSR count). The fraction of sp³-hybridized carbons (Fsp3) is 0.417. The smallest absolute Gasteiger partial charge is 0.304 e. The highest BCUT2D eigenvalue weighted by Crippen LogP contribution is 2.21. The van der Waals surface area contributed by atoms with Crippen molar-refractivity contribution in [1.29, 1.82) is 0 Å². The van der Waals surface area contributed by atoms with Crippen LogP contribution in [0.3, 0.4) is 0 Å². The lowest BCUT2D eigenvalue weighted by atomic mass is 10.1. The number of amides is 2. The topological polar surface area (TPSA) is 90.0 Å². The lowest BCUT2D eigenvalue weighted by molar-refractivity contribution is -0.140. The number of para-hydroxylation sites is 1. The number of anilines is 1. The number of carbonyl (C=O) groups excluding carboxylic acids is 2. The molecule has 180 valence electrons. The fourth-order valence-corrected chi connectivity index (χ4v) is 4.59. The van der Waals surface area contributed by atoms with Crippen molar-refractivity contribution in [3.8, 4) is 0 Å². The molecule has 1 atom stereocenters. The molecule has 0 saturated heterocycles. The van der Waals surface area contributed by atoms with Crippen LogP contribution in [0.1, 0.15) is 31.4 Å². The molecule has 2 amide bonds. The third-order valence-corrected chi connectivity index (χ3v) is 7.06. The average molecular weight is 475 g/mol. The molecular formula is C24H34N4O4S. The van der Waals surface area contributed by atoms with Gasteiger partial charge in [0.05, 0.1) is 5.69 Å². The molecule has 0 heterocycles. The van der Waals surface area contributed by atoms with Crippen molar-refractivity contribution in [3.05, 3.63) is 65.7 Å². The number of likely N-dealkylation sites (N-methyl/N-ethyl adjacent to an activating group) is 1. The van der Waals surface area contributed by atoms with Gasteiger partial charge in [-0.3, -0.25) is 9.59 Å². The number of nitrogens with one attached hydrogen (secondary N) is 1. The van der Waals surface area contributed by atoms with E-state index in [-0.39, 0.29) is 12.5 Å². The Morgan fingerprint density at radius 1 is 1.00 bits per heavy atom. The van der Waals surface area contributed by atoms with Gasteiger partial charge in [0.2, 0.25) is 11.8 Å². The molecule has 0 spiro atoms. The summed E-state index contributed by atoms with van der Waals surface area (Å²) < 4.78 is 28.3. The number of benzene rings is 2. The second-order valence-electron chi connectivity index (χ2n) is 7.96. The van der Waals surface area contributed by atoms with Crippen LogP contribution in [0.2, 0.25) is 0 Å². The van der Waals surface area contributed by atoms with E-state index in [0.717, 1.165) is 19.7 Å². The summed E-state index contributed by atoms with van der Waals surface area (Å²) in [4.78, 5) is 27.9. The van der Waals surface area contributed by atoms with Gasteiger partial charge in [-0.15, -0.1) is 0 Å². The second kappa shape index (κ2) is 11.8. The van der Waals surface area contributed by atoms with E-state index in [1.165, 1.54) is 19.0 Å². The summed E-state index contributed by atoms with van der Waals surface area (Å²) in [6.45, 7) is 5.82. The molecule has 33 heavy (non-hydrogen) atoms.